The molecule has 0 radical (unpaired) electrons. The standard InChI is InChI=1S/C17H18F2N2OS/c1-11(17(22)20-15-9-13(18)4-5-14(15)19)21-7-2-3-16(21)12-6-8-23-10-12/h4-6,8-11,16H,2-3,7H2,1H3,(H,20,22)/t11-,16+/m1/s1. The van der Waals surface area contributed by atoms with Crippen LogP contribution in [0.25, 0.3) is 0 Å². The van der Waals surface area contributed by atoms with Crippen molar-refractivity contribution < 1.29 is 13.6 Å². The molecule has 0 aliphatic carbocycles. The number of thiophene rings is 1. The number of carbonyl (C=O) groups excluding carboxylic acids is 1. The molecule has 1 saturated heterocycles. The summed E-state index contributed by atoms with van der Waals surface area (Å²) in [6.45, 7) is 2.62. The van der Waals surface area contributed by atoms with Crippen molar-refractivity contribution in [2.24, 2.45) is 0 Å². The summed E-state index contributed by atoms with van der Waals surface area (Å²) < 4.78 is 26.9. The molecule has 0 bridgehead atoms. The van der Waals surface area contributed by atoms with E-state index in [0.717, 1.165) is 37.6 Å². The second kappa shape index (κ2) is 6.76. The molecule has 1 N–H and O–H groups in total. The summed E-state index contributed by atoms with van der Waals surface area (Å²) in [5.41, 5.74) is 1.09. The molecule has 0 spiro atoms. The minimum atomic E-state index is -0.636. The van der Waals surface area contributed by atoms with Gasteiger partial charge in [-0.25, -0.2) is 8.78 Å². The summed E-state index contributed by atoms with van der Waals surface area (Å²) in [6, 6.07) is 4.91. The van der Waals surface area contributed by atoms with Crippen molar-refractivity contribution >= 4 is 22.9 Å². The van der Waals surface area contributed by atoms with E-state index in [0.29, 0.717) is 0 Å². The third kappa shape index (κ3) is 3.43. The number of carbonyl (C=O) groups is 1. The lowest BCUT2D eigenvalue weighted by Gasteiger charge is -2.29. The molecular weight excluding hydrogens is 318 g/mol. The highest BCUT2D eigenvalue weighted by molar-refractivity contribution is 7.07. The van der Waals surface area contributed by atoms with E-state index in [1.54, 1.807) is 18.3 Å². The first-order valence-corrected chi connectivity index (χ1v) is 8.54. The average molecular weight is 336 g/mol. The van der Waals surface area contributed by atoms with E-state index < -0.39 is 17.7 Å². The second-order valence-corrected chi connectivity index (χ2v) is 6.52. The molecule has 1 aromatic heterocycles. The minimum absolute atomic E-state index is 0.117. The fraction of sp³-hybridized carbons (Fsp3) is 0.353. The van der Waals surface area contributed by atoms with Crippen LogP contribution >= 0.6 is 11.3 Å². The van der Waals surface area contributed by atoms with Gasteiger partial charge in [-0.15, -0.1) is 0 Å². The maximum atomic E-state index is 13.7. The topological polar surface area (TPSA) is 32.3 Å². The fourth-order valence-corrected chi connectivity index (χ4v) is 3.76. The maximum Gasteiger partial charge on any atom is 0.241 e. The number of amides is 1. The molecule has 3 nitrogen and oxygen atoms in total. The molecule has 1 amide bonds. The number of halogens is 2. The summed E-state index contributed by atoms with van der Waals surface area (Å²) in [5, 5.41) is 6.62. The minimum Gasteiger partial charge on any atom is -0.322 e. The van der Waals surface area contributed by atoms with E-state index in [4.69, 9.17) is 0 Å². The lowest BCUT2D eigenvalue weighted by atomic mass is 10.1. The van der Waals surface area contributed by atoms with E-state index in [1.807, 2.05) is 5.38 Å². The van der Waals surface area contributed by atoms with Crippen LogP contribution in [0.2, 0.25) is 0 Å². The molecule has 1 aliphatic rings. The molecule has 3 rings (SSSR count). The Labute approximate surface area is 137 Å². The highest BCUT2D eigenvalue weighted by atomic mass is 32.1. The van der Waals surface area contributed by atoms with Gasteiger partial charge in [-0.05, 0) is 60.8 Å². The number of hydrogen-bond acceptors (Lipinski definition) is 3. The Morgan fingerprint density at radius 1 is 1.39 bits per heavy atom. The Morgan fingerprint density at radius 2 is 2.22 bits per heavy atom. The third-order valence-electron chi connectivity index (χ3n) is 4.29. The summed E-state index contributed by atoms with van der Waals surface area (Å²) >= 11 is 1.64. The van der Waals surface area contributed by atoms with Gasteiger partial charge in [-0.1, -0.05) is 0 Å². The molecule has 23 heavy (non-hydrogen) atoms. The van der Waals surface area contributed by atoms with Crippen molar-refractivity contribution in [1.29, 1.82) is 0 Å². The number of likely N-dealkylation sites (tertiary alicyclic amines) is 1. The number of anilines is 1. The molecular formula is C17H18F2N2OS. The van der Waals surface area contributed by atoms with Crippen LogP contribution in [0.1, 0.15) is 31.4 Å². The normalized spacial score (nSPS) is 19.7. The van der Waals surface area contributed by atoms with Crippen molar-refractivity contribution in [2.75, 3.05) is 11.9 Å². The number of rotatable bonds is 4. The van der Waals surface area contributed by atoms with Crippen molar-refractivity contribution in [2.45, 2.75) is 31.8 Å². The van der Waals surface area contributed by atoms with Gasteiger partial charge in [-0.3, -0.25) is 9.69 Å². The van der Waals surface area contributed by atoms with Crippen LogP contribution in [0.5, 0.6) is 0 Å². The number of hydrogen-bond donors (Lipinski definition) is 1. The van der Waals surface area contributed by atoms with E-state index >= 15 is 0 Å². The molecule has 1 aromatic carbocycles. The first-order chi connectivity index (χ1) is 11.1. The third-order valence-corrected chi connectivity index (χ3v) is 4.99. The van der Waals surface area contributed by atoms with Gasteiger partial charge in [0.2, 0.25) is 5.91 Å². The van der Waals surface area contributed by atoms with Gasteiger partial charge in [0.25, 0.3) is 0 Å². The molecule has 6 heteroatoms. The van der Waals surface area contributed by atoms with E-state index in [9.17, 15) is 13.6 Å². The van der Waals surface area contributed by atoms with E-state index in [1.165, 1.54) is 5.56 Å². The largest absolute Gasteiger partial charge is 0.322 e. The quantitative estimate of drug-likeness (QED) is 0.908. The number of nitrogens with one attached hydrogen (secondary N) is 1. The Hall–Kier alpha value is -1.79. The van der Waals surface area contributed by atoms with Crippen LogP contribution in [0, 0.1) is 11.6 Å². The predicted octanol–water partition coefficient (Wildman–Crippen LogP) is 4.19. The lowest BCUT2D eigenvalue weighted by Crippen LogP contribution is -2.41. The second-order valence-electron chi connectivity index (χ2n) is 5.74. The van der Waals surface area contributed by atoms with Gasteiger partial charge >= 0.3 is 0 Å². The zero-order chi connectivity index (χ0) is 16.4. The van der Waals surface area contributed by atoms with Gasteiger partial charge in [0.15, 0.2) is 0 Å². The Bertz CT molecular complexity index is 690. The smallest absolute Gasteiger partial charge is 0.241 e. The van der Waals surface area contributed by atoms with Crippen molar-refractivity contribution in [3.63, 3.8) is 0 Å². The van der Waals surface area contributed by atoms with E-state index in [-0.39, 0.29) is 17.6 Å². The Morgan fingerprint density at radius 3 is 2.96 bits per heavy atom. The van der Waals surface area contributed by atoms with Crippen molar-refractivity contribution in [1.82, 2.24) is 4.90 Å². The van der Waals surface area contributed by atoms with Gasteiger partial charge in [0.05, 0.1) is 11.7 Å². The fourth-order valence-electron chi connectivity index (χ4n) is 3.06. The number of benzene rings is 1. The molecule has 0 unspecified atom stereocenters. The van der Waals surface area contributed by atoms with Gasteiger partial charge in [0.1, 0.15) is 11.6 Å². The highest BCUT2D eigenvalue weighted by Gasteiger charge is 2.33. The molecule has 2 heterocycles. The molecule has 2 atom stereocenters. The molecule has 1 fully saturated rings. The first kappa shape index (κ1) is 16.1. The van der Waals surface area contributed by atoms with Crippen molar-refractivity contribution in [3.8, 4) is 0 Å². The summed E-state index contributed by atoms with van der Waals surface area (Å²) in [7, 11) is 0. The molecule has 1 aliphatic heterocycles. The van der Waals surface area contributed by atoms with Crippen LogP contribution in [-0.4, -0.2) is 23.4 Å². The monoisotopic (exact) mass is 336 g/mol. The van der Waals surface area contributed by atoms with Crippen LogP contribution in [0.4, 0.5) is 14.5 Å². The zero-order valence-electron chi connectivity index (χ0n) is 12.8. The number of nitrogens with zero attached hydrogens (tertiary/aromatic N) is 1. The Balaban J connectivity index is 1.73. The van der Waals surface area contributed by atoms with Crippen LogP contribution in [-0.2, 0) is 4.79 Å². The van der Waals surface area contributed by atoms with Crippen molar-refractivity contribution in [3.05, 3.63) is 52.2 Å². The zero-order valence-corrected chi connectivity index (χ0v) is 13.6. The van der Waals surface area contributed by atoms with E-state index in [2.05, 4.69) is 21.7 Å². The molecule has 0 saturated carbocycles. The van der Waals surface area contributed by atoms with Gasteiger partial charge in [0, 0.05) is 12.1 Å². The summed E-state index contributed by atoms with van der Waals surface area (Å²) in [4.78, 5) is 14.6. The van der Waals surface area contributed by atoms with Gasteiger partial charge < -0.3 is 5.32 Å². The van der Waals surface area contributed by atoms with Crippen LogP contribution in [0.15, 0.2) is 35.0 Å². The van der Waals surface area contributed by atoms with Gasteiger partial charge in [-0.2, -0.15) is 11.3 Å². The predicted molar refractivity (Wildman–Crippen MR) is 87.4 cm³/mol. The van der Waals surface area contributed by atoms with Crippen LogP contribution in [0.3, 0.4) is 0 Å². The molecule has 2 aromatic rings. The SMILES string of the molecule is C[C@H](C(=O)Nc1cc(F)ccc1F)N1CCC[C@H]1c1ccsc1. The van der Waals surface area contributed by atoms with Crippen LogP contribution < -0.4 is 5.32 Å². The molecule has 122 valence electrons. The summed E-state index contributed by atoms with van der Waals surface area (Å²) in [5.74, 6) is -1.54. The first-order valence-electron chi connectivity index (χ1n) is 7.60. The lowest BCUT2D eigenvalue weighted by molar-refractivity contribution is -0.121. The highest BCUT2D eigenvalue weighted by Crippen LogP contribution is 2.34. The maximum absolute atomic E-state index is 13.7. The summed E-state index contributed by atoms with van der Waals surface area (Å²) in [6.07, 6.45) is 2.02. The Kier molecular flexibility index (Phi) is 4.73. The average Bonchev–Trinajstić information content (AvgIpc) is 3.20.